The first-order valence-electron chi connectivity index (χ1n) is 7.13. The number of anilines is 1. The molecule has 7 heteroatoms. The maximum absolute atomic E-state index is 12.1. The molecule has 3 aromatic rings. The van der Waals surface area contributed by atoms with Crippen LogP contribution < -0.4 is 5.32 Å². The average Bonchev–Trinajstić information content (AvgIpc) is 3.05. The lowest BCUT2D eigenvalue weighted by Gasteiger charge is -2.08. The maximum atomic E-state index is 12.1. The average molecular weight is 330 g/mol. The molecule has 0 fully saturated rings. The molecule has 0 bridgehead atoms. The zero-order valence-corrected chi connectivity index (χ0v) is 13.6. The van der Waals surface area contributed by atoms with E-state index in [1.807, 2.05) is 48.9 Å². The van der Waals surface area contributed by atoms with Crippen LogP contribution in [0.15, 0.2) is 36.5 Å². The lowest BCUT2D eigenvalue weighted by Crippen LogP contribution is -2.13. The summed E-state index contributed by atoms with van der Waals surface area (Å²) in [5, 5.41) is 13.9. The number of aromatic nitrogens is 4. The fraction of sp³-hybridized carbons (Fsp3) is 0.188. The van der Waals surface area contributed by atoms with Crippen LogP contribution in [0.5, 0.6) is 0 Å². The number of halogens is 1. The molecule has 1 amide bonds. The number of hydrogen-bond acceptors (Lipinski definition) is 3. The Morgan fingerprint density at radius 2 is 2.17 bits per heavy atom. The molecule has 0 unspecified atom stereocenters. The monoisotopic (exact) mass is 329 g/mol. The van der Waals surface area contributed by atoms with Crippen molar-refractivity contribution in [3.05, 3.63) is 64.2 Å². The number of rotatable bonds is 4. The fourth-order valence-electron chi connectivity index (χ4n) is 2.38. The van der Waals surface area contributed by atoms with Crippen molar-refractivity contribution in [1.82, 2.24) is 20.0 Å². The van der Waals surface area contributed by atoms with Gasteiger partial charge in [-0.3, -0.25) is 14.6 Å². The number of aryl methyl sites for hydroxylation is 2. The van der Waals surface area contributed by atoms with Gasteiger partial charge in [0.2, 0.25) is 0 Å². The number of amides is 1. The van der Waals surface area contributed by atoms with Gasteiger partial charge in [0.25, 0.3) is 5.91 Å². The zero-order valence-electron chi connectivity index (χ0n) is 12.8. The van der Waals surface area contributed by atoms with Crippen LogP contribution in [0.1, 0.15) is 27.4 Å². The molecule has 0 saturated heterocycles. The number of nitrogens with zero attached hydrogens (tertiary/aromatic N) is 3. The van der Waals surface area contributed by atoms with Crippen LogP contribution in [0.2, 0.25) is 5.02 Å². The van der Waals surface area contributed by atoms with E-state index in [0.717, 1.165) is 17.0 Å². The summed E-state index contributed by atoms with van der Waals surface area (Å²) in [5.41, 5.74) is 4.07. The van der Waals surface area contributed by atoms with Crippen molar-refractivity contribution in [1.29, 1.82) is 0 Å². The van der Waals surface area contributed by atoms with Crippen molar-refractivity contribution < 1.29 is 4.79 Å². The molecular formula is C16H16ClN5O. The third-order valence-electron chi connectivity index (χ3n) is 3.44. The van der Waals surface area contributed by atoms with Gasteiger partial charge < -0.3 is 5.32 Å². The van der Waals surface area contributed by atoms with Crippen molar-refractivity contribution in [2.45, 2.75) is 20.4 Å². The third-order valence-corrected chi connectivity index (χ3v) is 3.73. The number of H-pyrrole nitrogens is 1. The van der Waals surface area contributed by atoms with Crippen molar-refractivity contribution in [3.8, 4) is 0 Å². The Hall–Kier alpha value is -2.60. The Balaban J connectivity index is 1.76. The van der Waals surface area contributed by atoms with Gasteiger partial charge >= 0.3 is 0 Å². The molecule has 0 atom stereocenters. The smallest absolute Gasteiger partial charge is 0.275 e. The van der Waals surface area contributed by atoms with Crippen LogP contribution in [0.4, 0.5) is 5.69 Å². The standard InChI is InChI=1S/C16H16ClN5O/c1-10-6-11(2)22(21-10)9-12-4-3-5-13(7-12)19-16(23)15-14(17)8-18-20-15/h3-8H,9H2,1-2H3,(H,18,20)(H,19,23). The SMILES string of the molecule is Cc1cc(C)n(Cc2cccc(NC(=O)c3[nH]ncc3Cl)c2)n1. The molecule has 0 spiro atoms. The molecule has 2 aromatic heterocycles. The molecule has 0 aliphatic heterocycles. The summed E-state index contributed by atoms with van der Waals surface area (Å²) in [7, 11) is 0. The number of benzene rings is 1. The topological polar surface area (TPSA) is 75.6 Å². The van der Waals surface area contributed by atoms with Crippen molar-refractivity contribution in [2.24, 2.45) is 0 Å². The summed E-state index contributed by atoms with van der Waals surface area (Å²) in [6.07, 6.45) is 1.40. The predicted molar refractivity (Wildman–Crippen MR) is 88.8 cm³/mol. The van der Waals surface area contributed by atoms with E-state index in [1.54, 1.807) is 0 Å². The third kappa shape index (κ3) is 3.43. The van der Waals surface area contributed by atoms with Crippen molar-refractivity contribution in [2.75, 3.05) is 5.32 Å². The highest BCUT2D eigenvalue weighted by Crippen LogP contribution is 2.16. The zero-order chi connectivity index (χ0) is 16.4. The summed E-state index contributed by atoms with van der Waals surface area (Å²) < 4.78 is 1.93. The minimum absolute atomic E-state index is 0.246. The van der Waals surface area contributed by atoms with Crippen molar-refractivity contribution in [3.63, 3.8) is 0 Å². The Kier molecular flexibility index (Phi) is 4.16. The quantitative estimate of drug-likeness (QED) is 0.772. The molecule has 0 aliphatic rings. The van der Waals surface area contributed by atoms with Crippen LogP contribution >= 0.6 is 11.6 Å². The molecule has 2 N–H and O–H groups in total. The number of carbonyl (C=O) groups is 1. The Labute approximate surface area is 138 Å². The molecule has 3 rings (SSSR count). The van der Waals surface area contributed by atoms with Gasteiger partial charge in [-0.1, -0.05) is 23.7 Å². The second kappa shape index (κ2) is 6.26. The second-order valence-electron chi connectivity index (χ2n) is 5.33. The minimum Gasteiger partial charge on any atom is -0.321 e. The van der Waals surface area contributed by atoms with Gasteiger partial charge in [0.15, 0.2) is 0 Å². The molecule has 0 radical (unpaired) electrons. The summed E-state index contributed by atoms with van der Waals surface area (Å²) in [6.45, 7) is 4.63. The van der Waals surface area contributed by atoms with Crippen LogP contribution in [0.25, 0.3) is 0 Å². The second-order valence-corrected chi connectivity index (χ2v) is 5.74. The van der Waals surface area contributed by atoms with E-state index >= 15 is 0 Å². The van der Waals surface area contributed by atoms with Gasteiger partial charge in [0.05, 0.1) is 23.5 Å². The highest BCUT2D eigenvalue weighted by atomic mass is 35.5. The first-order chi connectivity index (χ1) is 11.0. The number of aromatic amines is 1. The normalized spacial score (nSPS) is 10.7. The lowest BCUT2D eigenvalue weighted by atomic mass is 10.2. The molecule has 23 heavy (non-hydrogen) atoms. The Morgan fingerprint density at radius 1 is 1.35 bits per heavy atom. The van der Waals surface area contributed by atoms with E-state index in [2.05, 4.69) is 20.6 Å². The van der Waals surface area contributed by atoms with Crippen LogP contribution in [-0.2, 0) is 6.54 Å². The van der Waals surface area contributed by atoms with Gasteiger partial charge in [-0.25, -0.2) is 0 Å². The van der Waals surface area contributed by atoms with Crippen LogP contribution in [0.3, 0.4) is 0 Å². The van der Waals surface area contributed by atoms with Gasteiger partial charge in [0.1, 0.15) is 5.69 Å². The predicted octanol–water partition coefficient (Wildman–Crippen LogP) is 3.18. The summed E-state index contributed by atoms with van der Waals surface area (Å²) >= 11 is 5.89. The molecule has 0 aliphatic carbocycles. The van der Waals surface area contributed by atoms with Gasteiger partial charge in [-0.2, -0.15) is 10.2 Å². The lowest BCUT2D eigenvalue weighted by molar-refractivity contribution is 0.102. The Morgan fingerprint density at radius 3 is 2.83 bits per heavy atom. The van der Waals surface area contributed by atoms with Gasteiger partial charge in [-0.15, -0.1) is 0 Å². The van der Waals surface area contributed by atoms with E-state index in [0.29, 0.717) is 17.3 Å². The molecule has 6 nitrogen and oxygen atoms in total. The number of hydrogen-bond donors (Lipinski definition) is 2. The molecule has 118 valence electrons. The van der Waals surface area contributed by atoms with E-state index in [4.69, 9.17) is 11.6 Å². The largest absolute Gasteiger partial charge is 0.321 e. The molecule has 2 heterocycles. The highest BCUT2D eigenvalue weighted by Gasteiger charge is 2.12. The van der Waals surface area contributed by atoms with E-state index < -0.39 is 0 Å². The first kappa shape index (κ1) is 15.3. The fourth-order valence-corrected chi connectivity index (χ4v) is 2.56. The Bertz CT molecular complexity index is 852. The first-order valence-corrected chi connectivity index (χ1v) is 7.51. The van der Waals surface area contributed by atoms with Crippen molar-refractivity contribution >= 4 is 23.2 Å². The van der Waals surface area contributed by atoms with E-state index in [9.17, 15) is 4.79 Å². The molecule has 1 aromatic carbocycles. The van der Waals surface area contributed by atoms with Crippen LogP contribution in [0, 0.1) is 13.8 Å². The van der Waals surface area contributed by atoms with Gasteiger partial charge in [0, 0.05) is 11.4 Å². The summed E-state index contributed by atoms with van der Waals surface area (Å²) in [5.74, 6) is -0.323. The van der Waals surface area contributed by atoms with E-state index in [-0.39, 0.29) is 11.6 Å². The number of carbonyl (C=O) groups excluding carboxylic acids is 1. The maximum Gasteiger partial charge on any atom is 0.275 e. The highest BCUT2D eigenvalue weighted by molar-refractivity contribution is 6.34. The molecular weight excluding hydrogens is 314 g/mol. The van der Waals surface area contributed by atoms with E-state index in [1.165, 1.54) is 6.20 Å². The van der Waals surface area contributed by atoms with Gasteiger partial charge in [-0.05, 0) is 37.6 Å². The summed E-state index contributed by atoms with van der Waals surface area (Å²) in [6, 6.07) is 9.66. The number of nitrogens with one attached hydrogen (secondary N) is 2. The van der Waals surface area contributed by atoms with Crippen LogP contribution in [-0.4, -0.2) is 25.9 Å². The minimum atomic E-state index is -0.323. The summed E-state index contributed by atoms with van der Waals surface area (Å²) in [4.78, 5) is 12.1. The molecule has 0 saturated carbocycles.